The van der Waals surface area contributed by atoms with Crippen molar-refractivity contribution in [3.05, 3.63) is 28.9 Å². The summed E-state index contributed by atoms with van der Waals surface area (Å²) in [5.74, 6) is -0.723. The Morgan fingerprint density at radius 1 is 1.32 bits per heavy atom. The number of pyridine rings is 1. The van der Waals surface area contributed by atoms with Crippen LogP contribution in [-0.4, -0.2) is 25.9 Å². The third-order valence-corrected chi connectivity index (χ3v) is 3.41. The van der Waals surface area contributed by atoms with Crippen LogP contribution in [0.1, 0.15) is 18.9 Å². The molecule has 19 heavy (non-hydrogen) atoms. The average molecular weight is 260 g/mol. The lowest BCUT2D eigenvalue weighted by Crippen LogP contribution is -2.44. The summed E-state index contributed by atoms with van der Waals surface area (Å²) in [5.41, 5.74) is 1.03. The molecule has 3 heterocycles. The van der Waals surface area contributed by atoms with E-state index in [0.29, 0.717) is 17.5 Å². The summed E-state index contributed by atoms with van der Waals surface area (Å²) in [4.78, 5) is 39.3. The summed E-state index contributed by atoms with van der Waals surface area (Å²) >= 11 is 0. The molecule has 1 fully saturated rings. The molecule has 0 spiro atoms. The van der Waals surface area contributed by atoms with Gasteiger partial charge in [0.25, 0.3) is 0 Å². The lowest BCUT2D eigenvalue weighted by Gasteiger charge is -2.21. The maximum atomic E-state index is 12.2. The van der Waals surface area contributed by atoms with Crippen LogP contribution in [0.3, 0.4) is 0 Å². The molecule has 0 radical (unpaired) electrons. The second kappa shape index (κ2) is 4.04. The van der Waals surface area contributed by atoms with E-state index in [4.69, 9.17) is 0 Å². The van der Waals surface area contributed by atoms with Crippen molar-refractivity contribution >= 4 is 22.8 Å². The van der Waals surface area contributed by atoms with Crippen LogP contribution < -0.4 is 11.0 Å². The minimum atomic E-state index is -0.642. The van der Waals surface area contributed by atoms with Gasteiger partial charge in [0.2, 0.25) is 11.8 Å². The molecule has 7 heteroatoms. The van der Waals surface area contributed by atoms with E-state index in [1.165, 1.54) is 9.13 Å². The fourth-order valence-corrected chi connectivity index (χ4v) is 2.44. The molecule has 0 bridgehead atoms. The molecule has 1 atom stereocenters. The molecule has 0 saturated carbocycles. The quantitative estimate of drug-likeness (QED) is 0.714. The number of amides is 2. The molecule has 1 unspecified atom stereocenters. The molecule has 7 nitrogen and oxygen atoms in total. The molecular weight excluding hydrogens is 248 g/mol. The third kappa shape index (κ3) is 1.66. The number of fused-ring (bicyclic) bond motifs is 1. The van der Waals surface area contributed by atoms with Gasteiger partial charge in [-0.1, -0.05) is 0 Å². The first-order valence-electron chi connectivity index (χ1n) is 5.94. The van der Waals surface area contributed by atoms with Gasteiger partial charge in [0.15, 0.2) is 0 Å². The first kappa shape index (κ1) is 11.6. The number of rotatable bonds is 1. The van der Waals surface area contributed by atoms with Crippen LogP contribution in [0.2, 0.25) is 0 Å². The zero-order valence-corrected chi connectivity index (χ0v) is 10.3. The van der Waals surface area contributed by atoms with Gasteiger partial charge in [0.05, 0.1) is 17.2 Å². The Morgan fingerprint density at radius 3 is 2.84 bits per heavy atom. The number of nitrogens with one attached hydrogen (secondary N) is 1. The topological polar surface area (TPSA) is 86.0 Å². The SMILES string of the molecule is Cn1c(=O)n(C2CCC(=O)NC2=O)c2ccncc21. The van der Waals surface area contributed by atoms with E-state index in [1.54, 1.807) is 25.5 Å². The van der Waals surface area contributed by atoms with Crippen LogP contribution in [0.15, 0.2) is 23.3 Å². The van der Waals surface area contributed by atoms with Gasteiger partial charge in [-0.25, -0.2) is 4.79 Å². The number of carbonyl (C=O) groups excluding carboxylic acids is 2. The maximum Gasteiger partial charge on any atom is 0.329 e. The van der Waals surface area contributed by atoms with E-state index in [-0.39, 0.29) is 18.0 Å². The highest BCUT2D eigenvalue weighted by Crippen LogP contribution is 2.21. The normalized spacial score (nSPS) is 19.7. The summed E-state index contributed by atoms with van der Waals surface area (Å²) in [6.07, 6.45) is 3.74. The second-order valence-electron chi connectivity index (χ2n) is 4.54. The van der Waals surface area contributed by atoms with Gasteiger partial charge in [0.1, 0.15) is 6.04 Å². The fourth-order valence-electron chi connectivity index (χ4n) is 2.44. The van der Waals surface area contributed by atoms with Crippen molar-refractivity contribution < 1.29 is 9.59 Å². The zero-order chi connectivity index (χ0) is 13.6. The first-order valence-corrected chi connectivity index (χ1v) is 5.94. The van der Waals surface area contributed by atoms with Crippen LogP contribution >= 0.6 is 0 Å². The van der Waals surface area contributed by atoms with Crippen LogP contribution in [0.5, 0.6) is 0 Å². The number of piperidine rings is 1. The molecule has 2 amide bonds. The van der Waals surface area contributed by atoms with Gasteiger partial charge in [-0.05, 0) is 12.5 Å². The first-order chi connectivity index (χ1) is 9.09. The summed E-state index contributed by atoms with van der Waals surface area (Å²) in [5, 5.41) is 2.27. The number of carbonyl (C=O) groups is 2. The Bertz CT molecular complexity index is 743. The van der Waals surface area contributed by atoms with Gasteiger partial charge in [-0.2, -0.15) is 0 Å². The maximum absolute atomic E-state index is 12.2. The van der Waals surface area contributed by atoms with Gasteiger partial charge < -0.3 is 0 Å². The Hall–Kier alpha value is -2.44. The lowest BCUT2D eigenvalue weighted by molar-refractivity contribution is -0.135. The Morgan fingerprint density at radius 2 is 2.11 bits per heavy atom. The van der Waals surface area contributed by atoms with E-state index in [9.17, 15) is 14.4 Å². The summed E-state index contributed by atoms with van der Waals surface area (Å²) in [7, 11) is 1.63. The van der Waals surface area contributed by atoms with Crippen molar-refractivity contribution in [3.63, 3.8) is 0 Å². The van der Waals surface area contributed by atoms with Crippen molar-refractivity contribution in [2.24, 2.45) is 7.05 Å². The Kier molecular flexibility index (Phi) is 2.48. The molecule has 0 aromatic carbocycles. The van der Waals surface area contributed by atoms with Gasteiger partial charge in [-0.3, -0.25) is 29.0 Å². The Labute approximate surface area is 107 Å². The minimum Gasteiger partial charge on any atom is -0.295 e. The van der Waals surface area contributed by atoms with E-state index in [2.05, 4.69) is 10.3 Å². The third-order valence-electron chi connectivity index (χ3n) is 3.41. The van der Waals surface area contributed by atoms with E-state index in [1.807, 2.05) is 0 Å². The van der Waals surface area contributed by atoms with Crippen molar-refractivity contribution in [2.45, 2.75) is 18.9 Å². The van der Waals surface area contributed by atoms with Crippen molar-refractivity contribution in [3.8, 4) is 0 Å². The van der Waals surface area contributed by atoms with Crippen molar-refractivity contribution in [1.82, 2.24) is 19.4 Å². The molecule has 0 aliphatic carbocycles. The predicted molar refractivity (Wildman–Crippen MR) is 66.4 cm³/mol. The minimum absolute atomic E-state index is 0.240. The second-order valence-corrected chi connectivity index (χ2v) is 4.54. The van der Waals surface area contributed by atoms with Crippen molar-refractivity contribution in [2.75, 3.05) is 0 Å². The molecule has 1 saturated heterocycles. The highest BCUT2D eigenvalue weighted by Gasteiger charge is 2.31. The summed E-state index contributed by atoms with van der Waals surface area (Å²) in [6.45, 7) is 0. The standard InChI is InChI=1S/C12H12N4O3/c1-15-9-6-13-5-4-7(9)16(12(15)19)8-2-3-10(17)14-11(8)18/h4-6,8H,2-3H2,1H3,(H,14,17,18). The number of nitrogens with zero attached hydrogens (tertiary/aromatic N) is 3. The number of hydrogen-bond donors (Lipinski definition) is 1. The van der Waals surface area contributed by atoms with Crippen LogP contribution in [0.25, 0.3) is 11.0 Å². The molecule has 1 N–H and O–H groups in total. The number of imidazole rings is 1. The smallest absolute Gasteiger partial charge is 0.295 e. The number of aromatic nitrogens is 3. The van der Waals surface area contributed by atoms with E-state index >= 15 is 0 Å². The molecule has 1 aliphatic rings. The average Bonchev–Trinajstić information content (AvgIpc) is 2.64. The van der Waals surface area contributed by atoms with E-state index < -0.39 is 11.9 Å². The molecule has 3 rings (SSSR count). The largest absolute Gasteiger partial charge is 0.329 e. The number of aryl methyl sites for hydroxylation is 1. The lowest BCUT2D eigenvalue weighted by atomic mass is 10.1. The van der Waals surface area contributed by atoms with Crippen molar-refractivity contribution in [1.29, 1.82) is 0 Å². The van der Waals surface area contributed by atoms with Crippen LogP contribution in [0, 0.1) is 0 Å². The van der Waals surface area contributed by atoms with Gasteiger partial charge in [-0.15, -0.1) is 0 Å². The monoisotopic (exact) mass is 260 g/mol. The molecule has 98 valence electrons. The van der Waals surface area contributed by atoms with E-state index in [0.717, 1.165) is 0 Å². The highest BCUT2D eigenvalue weighted by molar-refractivity contribution is 6.00. The molecule has 1 aliphatic heterocycles. The molecular formula is C12H12N4O3. The molecule has 2 aromatic rings. The molecule has 2 aromatic heterocycles. The van der Waals surface area contributed by atoms with Gasteiger partial charge >= 0.3 is 5.69 Å². The summed E-state index contributed by atoms with van der Waals surface area (Å²) < 4.78 is 2.88. The Balaban J connectivity index is 2.20. The fraction of sp³-hybridized carbons (Fsp3) is 0.333. The zero-order valence-electron chi connectivity index (χ0n) is 10.3. The van der Waals surface area contributed by atoms with Crippen LogP contribution in [0.4, 0.5) is 0 Å². The predicted octanol–water partition coefficient (Wildman–Crippen LogP) is -0.287. The van der Waals surface area contributed by atoms with Gasteiger partial charge in [0, 0.05) is 19.7 Å². The number of imide groups is 1. The van der Waals surface area contributed by atoms with Crippen LogP contribution in [-0.2, 0) is 16.6 Å². The number of hydrogen-bond acceptors (Lipinski definition) is 4. The summed E-state index contributed by atoms with van der Waals surface area (Å²) in [6, 6.07) is 1.05. The highest BCUT2D eigenvalue weighted by atomic mass is 16.2.